The summed E-state index contributed by atoms with van der Waals surface area (Å²) in [5.74, 6) is 0.0511. The summed E-state index contributed by atoms with van der Waals surface area (Å²) in [7, 11) is 0. The van der Waals surface area contributed by atoms with E-state index in [0.717, 1.165) is 0 Å². The average molecular weight is 203 g/mol. The van der Waals surface area contributed by atoms with Crippen molar-refractivity contribution < 1.29 is 9.47 Å². The summed E-state index contributed by atoms with van der Waals surface area (Å²) in [5, 5.41) is 0.0303. The Labute approximate surface area is 79.0 Å². The first-order valence-electron chi connectivity index (χ1n) is 3.65. The molecule has 0 bridgehead atoms. The number of nitrogen functional groups attached to an aromatic ring is 1. The number of hydrogen-bond acceptors (Lipinski definition) is 6. The maximum atomic E-state index is 5.54. The van der Waals surface area contributed by atoms with Gasteiger partial charge in [0, 0.05) is 0 Å². The average Bonchev–Trinajstić information content (AvgIpc) is 1.95. The maximum absolute atomic E-state index is 5.54. The molecule has 6 nitrogen and oxygen atoms in total. The molecule has 1 fully saturated rings. The van der Waals surface area contributed by atoms with E-state index in [-0.39, 0.29) is 23.3 Å². The van der Waals surface area contributed by atoms with Crippen molar-refractivity contribution in [3.8, 4) is 6.01 Å². The number of aromatic nitrogens is 3. The lowest BCUT2D eigenvalue weighted by atomic mass is 10.3. The summed E-state index contributed by atoms with van der Waals surface area (Å²) in [4.78, 5) is 11.1. The lowest BCUT2D eigenvalue weighted by Crippen LogP contribution is -2.39. The predicted octanol–water partition coefficient (Wildman–Crippen LogP) is -0.115. The lowest BCUT2D eigenvalue weighted by Gasteiger charge is -2.25. The van der Waals surface area contributed by atoms with Crippen LogP contribution in [0.25, 0.3) is 0 Å². The Morgan fingerprint density at radius 3 is 2.69 bits per heavy atom. The highest BCUT2D eigenvalue weighted by Gasteiger charge is 2.21. The second-order valence-corrected chi connectivity index (χ2v) is 2.86. The van der Waals surface area contributed by atoms with Crippen molar-refractivity contribution in [3.63, 3.8) is 0 Å². The van der Waals surface area contributed by atoms with E-state index in [0.29, 0.717) is 13.2 Å². The highest BCUT2D eigenvalue weighted by atomic mass is 35.5. The van der Waals surface area contributed by atoms with Gasteiger partial charge in [-0.1, -0.05) is 0 Å². The van der Waals surface area contributed by atoms with Gasteiger partial charge in [0.2, 0.25) is 11.2 Å². The Morgan fingerprint density at radius 2 is 2.15 bits per heavy atom. The van der Waals surface area contributed by atoms with Crippen LogP contribution in [0.1, 0.15) is 0 Å². The zero-order chi connectivity index (χ0) is 9.26. The number of anilines is 1. The molecule has 0 atom stereocenters. The number of nitrogens with zero attached hydrogens (tertiary/aromatic N) is 3. The quantitative estimate of drug-likeness (QED) is 0.720. The third-order valence-electron chi connectivity index (χ3n) is 1.48. The molecule has 2 heterocycles. The molecule has 0 radical (unpaired) electrons. The van der Waals surface area contributed by atoms with Gasteiger partial charge in [-0.3, -0.25) is 0 Å². The fraction of sp³-hybridized carbons (Fsp3) is 0.500. The van der Waals surface area contributed by atoms with Crippen LogP contribution in [0.5, 0.6) is 6.01 Å². The first-order chi connectivity index (χ1) is 6.24. The second-order valence-electron chi connectivity index (χ2n) is 2.52. The van der Waals surface area contributed by atoms with Gasteiger partial charge in [-0.2, -0.15) is 15.0 Å². The van der Waals surface area contributed by atoms with Gasteiger partial charge in [-0.25, -0.2) is 0 Å². The van der Waals surface area contributed by atoms with Crippen molar-refractivity contribution in [2.75, 3.05) is 18.9 Å². The van der Waals surface area contributed by atoms with Crippen molar-refractivity contribution in [1.82, 2.24) is 15.0 Å². The van der Waals surface area contributed by atoms with E-state index in [1.807, 2.05) is 0 Å². The van der Waals surface area contributed by atoms with E-state index in [1.54, 1.807) is 0 Å². The van der Waals surface area contributed by atoms with Gasteiger partial charge >= 0.3 is 6.01 Å². The first-order valence-corrected chi connectivity index (χ1v) is 4.03. The lowest BCUT2D eigenvalue weighted by molar-refractivity contribution is -0.0831. The molecule has 1 aliphatic rings. The molecule has 1 aromatic heterocycles. The molecule has 1 saturated heterocycles. The molecule has 1 aromatic rings. The molecule has 0 spiro atoms. The SMILES string of the molecule is Nc1nc(Cl)nc(OC2COC2)n1. The molecule has 0 unspecified atom stereocenters. The minimum Gasteiger partial charge on any atom is -0.455 e. The Morgan fingerprint density at radius 1 is 1.38 bits per heavy atom. The number of nitrogens with two attached hydrogens (primary N) is 1. The zero-order valence-electron chi connectivity index (χ0n) is 6.61. The van der Waals surface area contributed by atoms with Gasteiger partial charge in [0.25, 0.3) is 0 Å². The van der Waals surface area contributed by atoms with E-state index in [4.69, 9.17) is 26.8 Å². The zero-order valence-corrected chi connectivity index (χ0v) is 7.36. The van der Waals surface area contributed by atoms with Gasteiger partial charge in [-0.15, -0.1) is 0 Å². The van der Waals surface area contributed by atoms with Gasteiger partial charge in [0.05, 0.1) is 13.2 Å². The first kappa shape index (κ1) is 8.46. The molecule has 1 aliphatic heterocycles. The topological polar surface area (TPSA) is 83.2 Å². The van der Waals surface area contributed by atoms with Crippen molar-refractivity contribution in [3.05, 3.63) is 5.28 Å². The van der Waals surface area contributed by atoms with E-state index >= 15 is 0 Å². The summed E-state index contributed by atoms with van der Waals surface area (Å²) in [6.07, 6.45) is -0.00198. The molecule has 0 saturated carbocycles. The molecular formula is C6H7ClN4O2. The molecule has 13 heavy (non-hydrogen) atoms. The van der Waals surface area contributed by atoms with Crippen LogP contribution in [-0.4, -0.2) is 34.3 Å². The van der Waals surface area contributed by atoms with Crippen molar-refractivity contribution in [2.45, 2.75) is 6.10 Å². The van der Waals surface area contributed by atoms with Crippen LogP contribution < -0.4 is 10.5 Å². The second kappa shape index (κ2) is 3.31. The fourth-order valence-electron chi connectivity index (χ4n) is 0.830. The summed E-state index contributed by atoms with van der Waals surface area (Å²) in [6, 6.07) is 0.144. The van der Waals surface area contributed by atoms with Crippen LogP contribution in [0.4, 0.5) is 5.95 Å². The van der Waals surface area contributed by atoms with Crippen molar-refractivity contribution in [2.24, 2.45) is 0 Å². The monoisotopic (exact) mass is 202 g/mol. The van der Waals surface area contributed by atoms with Crippen LogP contribution in [0, 0.1) is 0 Å². The van der Waals surface area contributed by atoms with Crippen LogP contribution in [0.2, 0.25) is 5.28 Å². The summed E-state index contributed by atoms with van der Waals surface area (Å²) >= 11 is 5.54. The highest BCUT2D eigenvalue weighted by molar-refractivity contribution is 6.28. The Balaban J connectivity index is 2.10. The minimum atomic E-state index is -0.00198. The molecule has 70 valence electrons. The number of rotatable bonds is 2. The fourth-order valence-corrected chi connectivity index (χ4v) is 0.989. The van der Waals surface area contributed by atoms with Gasteiger partial charge in [0.1, 0.15) is 6.10 Å². The Kier molecular flexibility index (Phi) is 2.15. The van der Waals surface area contributed by atoms with Crippen LogP contribution in [0.15, 0.2) is 0 Å². The Hall–Kier alpha value is -1.14. The van der Waals surface area contributed by atoms with Gasteiger partial charge in [0.15, 0.2) is 0 Å². The molecular weight excluding hydrogens is 196 g/mol. The van der Waals surface area contributed by atoms with Crippen molar-refractivity contribution >= 4 is 17.5 Å². The minimum absolute atomic E-state index is 0.00198. The summed E-state index contributed by atoms with van der Waals surface area (Å²) in [6.45, 7) is 1.09. The molecule has 2 rings (SSSR count). The number of halogens is 1. The largest absolute Gasteiger partial charge is 0.455 e. The third kappa shape index (κ3) is 1.96. The van der Waals surface area contributed by atoms with E-state index in [2.05, 4.69) is 15.0 Å². The summed E-state index contributed by atoms with van der Waals surface area (Å²) < 4.78 is 10.2. The maximum Gasteiger partial charge on any atom is 0.322 e. The predicted molar refractivity (Wildman–Crippen MR) is 44.5 cm³/mol. The number of hydrogen-bond donors (Lipinski definition) is 1. The molecule has 0 aromatic carbocycles. The standard InChI is InChI=1S/C6H7ClN4O2/c7-4-9-5(8)11-6(10-4)13-3-1-12-2-3/h3H,1-2H2,(H2,8,9,10,11). The molecule has 0 aliphatic carbocycles. The van der Waals surface area contributed by atoms with Crippen LogP contribution >= 0.6 is 11.6 Å². The van der Waals surface area contributed by atoms with Gasteiger partial charge < -0.3 is 15.2 Å². The highest BCUT2D eigenvalue weighted by Crippen LogP contribution is 2.13. The number of ether oxygens (including phenoxy) is 2. The smallest absolute Gasteiger partial charge is 0.322 e. The Bertz CT molecular complexity index is 297. The normalized spacial score (nSPS) is 16.7. The van der Waals surface area contributed by atoms with E-state index < -0.39 is 0 Å². The molecule has 2 N–H and O–H groups in total. The summed E-state index contributed by atoms with van der Waals surface area (Å²) in [5.41, 5.74) is 5.34. The molecule has 0 amide bonds. The van der Waals surface area contributed by atoms with Crippen LogP contribution in [-0.2, 0) is 4.74 Å². The third-order valence-corrected chi connectivity index (χ3v) is 1.65. The van der Waals surface area contributed by atoms with Crippen molar-refractivity contribution in [1.29, 1.82) is 0 Å². The van der Waals surface area contributed by atoms with E-state index in [9.17, 15) is 0 Å². The van der Waals surface area contributed by atoms with Gasteiger partial charge in [-0.05, 0) is 11.6 Å². The van der Waals surface area contributed by atoms with E-state index in [1.165, 1.54) is 0 Å². The molecule has 7 heteroatoms. The van der Waals surface area contributed by atoms with Crippen LogP contribution in [0.3, 0.4) is 0 Å².